The molecule has 0 bridgehead atoms. The lowest BCUT2D eigenvalue weighted by Gasteiger charge is -2.34. The third kappa shape index (κ3) is 6.11. The summed E-state index contributed by atoms with van der Waals surface area (Å²) in [5.41, 5.74) is 1.19. The van der Waals surface area contributed by atoms with E-state index in [0.29, 0.717) is 35.9 Å². The smallest absolute Gasteiger partial charge is 0.258 e. The van der Waals surface area contributed by atoms with E-state index in [1.165, 1.54) is 0 Å². The van der Waals surface area contributed by atoms with Crippen LogP contribution in [-0.2, 0) is 26.9 Å². The molecule has 6 rings (SSSR count). The van der Waals surface area contributed by atoms with Gasteiger partial charge in [0.2, 0.25) is 15.9 Å². The van der Waals surface area contributed by atoms with Crippen LogP contribution in [-0.4, -0.2) is 86.0 Å². The highest BCUT2D eigenvalue weighted by Gasteiger charge is 2.48. The summed E-state index contributed by atoms with van der Waals surface area (Å²) in [5, 5.41) is 16.2. The van der Waals surface area contributed by atoms with Crippen LogP contribution in [0.1, 0.15) is 48.3 Å². The Bertz CT molecular complexity index is 1750. The summed E-state index contributed by atoms with van der Waals surface area (Å²) in [6.45, 7) is 7.96. The van der Waals surface area contributed by atoms with Gasteiger partial charge in [-0.05, 0) is 77.2 Å². The first-order valence-corrected chi connectivity index (χ1v) is 16.8. The Morgan fingerprint density at radius 3 is 2.33 bits per heavy atom. The van der Waals surface area contributed by atoms with E-state index in [1.54, 1.807) is 19.9 Å². The molecule has 2 aromatic carbocycles. The van der Waals surface area contributed by atoms with Crippen molar-refractivity contribution in [3.05, 3.63) is 64.9 Å². The summed E-state index contributed by atoms with van der Waals surface area (Å²) < 4.78 is 56.1. The van der Waals surface area contributed by atoms with Gasteiger partial charge in [-0.2, -0.15) is 9.40 Å². The SMILES string of the molecule is CN1CCN(c2ccc(C(=O)Nc3n[nH]c4c3CN(S(=O)(=O)c3cc(F)cc(F)c3)C4(C)C)c(NC(=O)C3CCNCC3)c2)CC1. The van der Waals surface area contributed by atoms with Gasteiger partial charge in [0.05, 0.1) is 27.4 Å². The summed E-state index contributed by atoms with van der Waals surface area (Å²) in [4.78, 5) is 31.0. The number of anilines is 3. The Morgan fingerprint density at radius 2 is 1.65 bits per heavy atom. The summed E-state index contributed by atoms with van der Waals surface area (Å²) in [5.74, 6) is -2.76. The molecule has 3 aliphatic rings. The molecular formula is C31H38F2N8O4S. The number of carbonyl (C=O) groups is 2. The first kappa shape index (κ1) is 32.0. The number of nitrogens with zero attached hydrogens (tertiary/aromatic N) is 4. The minimum absolute atomic E-state index is 0.120. The maximum Gasteiger partial charge on any atom is 0.258 e. The van der Waals surface area contributed by atoms with Crippen molar-refractivity contribution >= 4 is 39.0 Å². The van der Waals surface area contributed by atoms with Crippen LogP contribution in [0, 0.1) is 17.6 Å². The second-order valence-electron chi connectivity index (χ2n) is 12.6. The average molecular weight is 657 g/mol. The van der Waals surface area contributed by atoms with E-state index in [2.05, 4.69) is 43.0 Å². The van der Waals surface area contributed by atoms with Crippen molar-refractivity contribution in [2.75, 3.05) is 61.8 Å². The molecule has 15 heteroatoms. The van der Waals surface area contributed by atoms with Gasteiger partial charge in [0.15, 0.2) is 5.82 Å². The number of H-pyrrole nitrogens is 1. The number of piperazine rings is 1. The van der Waals surface area contributed by atoms with Crippen molar-refractivity contribution in [1.29, 1.82) is 0 Å². The predicted octanol–water partition coefficient (Wildman–Crippen LogP) is 3.07. The standard InChI is InChI=1S/C31H38F2N8O4S/c1-31(2)27-25(18-41(31)46(44,45)23-15-20(32)14-21(33)16-23)28(38-37-27)36-30(43)24-5-4-22(40-12-10-39(3)11-13-40)17-26(24)35-29(42)19-6-8-34-9-7-19/h4-5,14-17,19,34H,6-13,18H2,1-3H3,(H,35,42)(H2,36,37,38,43). The van der Waals surface area contributed by atoms with Gasteiger partial charge in [0.1, 0.15) is 11.6 Å². The Morgan fingerprint density at radius 1 is 0.978 bits per heavy atom. The first-order chi connectivity index (χ1) is 21.8. The van der Waals surface area contributed by atoms with Gasteiger partial charge in [-0.3, -0.25) is 14.7 Å². The van der Waals surface area contributed by atoms with Crippen LogP contribution in [0.2, 0.25) is 0 Å². The van der Waals surface area contributed by atoms with E-state index < -0.39 is 38.0 Å². The second-order valence-corrected chi connectivity index (χ2v) is 14.5. The van der Waals surface area contributed by atoms with E-state index in [4.69, 9.17) is 0 Å². The Labute approximate surface area is 266 Å². The van der Waals surface area contributed by atoms with Gasteiger partial charge in [-0.25, -0.2) is 17.2 Å². The van der Waals surface area contributed by atoms with Crippen LogP contribution < -0.4 is 20.9 Å². The summed E-state index contributed by atoms with van der Waals surface area (Å²) in [6, 6.07) is 7.50. The number of rotatable bonds is 7. The molecule has 246 valence electrons. The van der Waals surface area contributed by atoms with E-state index in [1.807, 2.05) is 12.1 Å². The van der Waals surface area contributed by atoms with E-state index in [-0.39, 0.29) is 29.8 Å². The molecule has 4 N–H and O–H groups in total. The van der Waals surface area contributed by atoms with Crippen molar-refractivity contribution in [2.24, 2.45) is 5.92 Å². The number of fused-ring (bicyclic) bond motifs is 1. The molecule has 3 aliphatic heterocycles. The summed E-state index contributed by atoms with van der Waals surface area (Å²) in [6.07, 6.45) is 1.39. The highest BCUT2D eigenvalue weighted by Crippen LogP contribution is 2.44. The molecular weight excluding hydrogens is 618 g/mol. The van der Waals surface area contributed by atoms with Gasteiger partial charge in [-0.1, -0.05) is 0 Å². The highest BCUT2D eigenvalue weighted by molar-refractivity contribution is 7.89. The minimum Gasteiger partial charge on any atom is -0.369 e. The minimum atomic E-state index is -4.34. The second kappa shape index (κ2) is 12.4. The van der Waals surface area contributed by atoms with Gasteiger partial charge in [0, 0.05) is 56.0 Å². The normalized spacial score (nSPS) is 19.2. The van der Waals surface area contributed by atoms with Crippen molar-refractivity contribution in [1.82, 2.24) is 24.7 Å². The zero-order chi connectivity index (χ0) is 32.8. The van der Waals surface area contributed by atoms with Crippen molar-refractivity contribution < 1.29 is 26.8 Å². The quantitative estimate of drug-likeness (QED) is 0.304. The first-order valence-electron chi connectivity index (χ1n) is 15.3. The van der Waals surface area contributed by atoms with Crippen LogP contribution in [0.25, 0.3) is 0 Å². The number of amides is 2. The third-order valence-electron chi connectivity index (χ3n) is 9.14. The number of aromatic nitrogens is 2. The number of likely N-dealkylation sites (N-methyl/N-ethyl adjacent to an activating group) is 1. The number of hydrogen-bond acceptors (Lipinski definition) is 8. The fraction of sp³-hybridized carbons (Fsp3) is 0.452. The fourth-order valence-electron chi connectivity index (χ4n) is 6.37. The molecule has 0 radical (unpaired) electrons. The van der Waals surface area contributed by atoms with Crippen molar-refractivity contribution in [3.63, 3.8) is 0 Å². The third-order valence-corrected chi connectivity index (χ3v) is 11.1. The fourth-order valence-corrected chi connectivity index (χ4v) is 8.14. The molecule has 0 unspecified atom stereocenters. The molecule has 1 aromatic heterocycles. The molecule has 46 heavy (non-hydrogen) atoms. The molecule has 2 fully saturated rings. The Balaban J connectivity index is 1.27. The molecule has 3 aromatic rings. The molecule has 4 heterocycles. The monoisotopic (exact) mass is 656 g/mol. The molecule has 2 saturated heterocycles. The van der Waals surface area contributed by atoms with Crippen LogP contribution in [0.3, 0.4) is 0 Å². The number of sulfonamides is 1. The molecule has 12 nitrogen and oxygen atoms in total. The largest absolute Gasteiger partial charge is 0.369 e. The van der Waals surface area contributed by atoms with E-state index in [9.17, 15) is 26.8 Å². The number of piperidine rings is 1. The van der Waals surface area contributed by atoms with E-state index in [0.717, 1.165) is 61.4 Å². The highest BCUT2D eigenvalue weighted by atomic mass is 32.2. The lowest BCUT2D eigenvalue weighted by atomic mass is 9.97. The topological polar surface area (TPSA) is 143 Å². The number of benzene rings is 2. The lowest BCUT2D eigenvalue weighted by Crippen LogP contribution is -2.44. The molecule has 0 atom stereocenters. The summed E-state index contributed by atoms with van der Waals surface area (Å²) >= 11 is 0. The number of hydrogen-bond donors (Lipinski definition) is 4. The lowest BCUT2D eigenvalue weighted by molar-refractivity contribution is -0.120. The van der Waals surface area contributed by atoms with Crippen LogP contribution in [0.5, 0.6) is 0 Å². The summed E-state index contributed by atoms with van der Waals surface area (Å²) in [7, 11) is -2.28. The van der Waals surface area contributed by atoms with Crippen molar-refractivity contribution in [3.8, 4) is 0 Å². The number of aromatic amines is 1. The zero-order valence-corrected chi connectivity index (χ0v) is 26.8. The Hall–Kier alpha value is -3.92. The van der Waals surface area contributed by atoms with Crippen molar-refractivity contribution in [2.45, 2.75) is 43.7 Å². The average Bonchev–Trinajstić information content (AvgIpc) is 3.55. The van der Waals surface area contributed by atoms with Crippen LogP contribution in [0.15, 0.2) is 41.3 Å². The number of halogens is 2. The van der Waals surface area contributed by atoms with Crippen LogP contribution >= 0.6 is 0 Å². The maximum absolute atomic E-state index is 14.0. The Kier molecular flexibility index (Phi) is 8.61. The zero-order valence-electron chi connectivity index (χ0n) is 26.0. The molecule has 2 amide bonds. The molecule has 0 aliphatic carbocycles. The molecule has 0 saturated carbocycles. The van der Waals surface area contributed by atoms with Gasteiger partial charge in [-0.15, -0.1) is 0 Å². The van der Waals surface area contributed by atoms with Gasteiger partial charge >= 0.3 is 0 Å². The van der Waals surface area contributed by atoms with Gasteiger partial charge < -0.3 is 25.8 Å². The number of carbonyl (C=O) groups excluding carboxylic acids is 2. The van der Waals surface area contributed by atoms with Crippen LogP contribution in [0.4, 0.5) is 26.0 Å². The van der Waals surface area contributed by atoms with Gasteiger partial charge in [0.25, 0.3) is 5.91 Å². The van der Waals surface area contributed by atoms with E-state index >= 15 is 0 Å². The molecule has 0 spiro atoms. The predicted molar refractivity (Wildman–Crippen MR) is 169 cm³/mol. The maximum atomic E-state index is 14.0. The number of nitrogens with one attached hydrogen (secondary N) is 4.